The van der Waals surface area contributed by atoms with Gasteiger partial charge in [-0.3, -0.25) is 4.79 Å². The molecule has 0 amide bonds. The van der Waals surface area contributed by atoms with Gasteiger partial charge in [0.1, 0.15) is 5.78 Å². The highest BCUT2D eigenvalue weighted by molar-refractivity contribution is 5.86. The number of rotatable bonds is 4. The fourth-order valence-corrected chi connectivity index (χ4v) is 3.06. The Labute approximate surface area is 107 Å². The molecule has 2 heteroatoms. The Morgan fingerprint density at radius 1 is 1.06 bits per heavy atom. The summed E-state index contributed by atoms with van der Waals surface area (Å²) >= 11 is 0. The number of ketones is 1. The summed E-state index contributed by atoms with van der Waals surface area (Å²) in [6, 6.07) is 0.717. The van der Waals surface area contributed by atoms with Crippen LogP contribution in [0.1, 0.15) is 60.3 Å². The topological polar surface area (TPSA) is 20.3 Å². The molecule has 1 aliphatic rings. The molecular weight excluding hydrogens is 210 g/mol. The van der Waals surface area contributed by atoms with E-state index in [0.717, 1.165) is 25.9 Å². The fourth-order valence-electron chi connectivity index (χ4n) is 3.06. The highest BCUT2D eigenvalue weighted by Gasteiger charge is 2.33. The van der Waals surface area contributed by atoms with Crippen molar-refractivity contribution in [3.8, 4) is 0 Å². The van der Waals surface area contributed by atoms with Crippen molar-refractivity contribution in [3.05, 3.63) is 0 Å². The zero-order chi connectivity index (χ0) is 13.1. The first-order valence-electron chi connectivity index (χ1n) is 7.18. The number of Topliss-reactive ketones (excluding diaryl/α,β-unsaturated/α-hetero) is 1. The molecule has 1 fully saturated rings. The van der Waals surface area contributed by atoms with Gasteiger partial charge >= 0.3 is 0 Å². The average molecular weight is 239 g/mol. The molecule has 100 valence electrons. The van der Waals surface area contributed by atoms with Gasteiger partial charge in [0.25, 0.3) is 0 Å². The third-order valence-corrected chi connectivity index (χ3v) is 4.14. The molecule has 2 nitrogen and oxygen atoms in total. The first-order valence-corrected chi connectivity index (χ1v) is 7.18. The lowest BCUT2D eigenvalue weighted by Gasteiger charge is -2.36. The molecule has 1 rings (SSSR count). The summed E-state index contributed by atoms with van der Waals surface area (Å²) in [5.74, 6) is 0.789. The Morgan fingerprint density at radius 2 is 1.53 bits per heavy atom. The lowest BCUT2D eigenvalue weighted by molar-refractivity contribution is -0.131. The lowest BCUT2D eigenvalue weighted by Crippen LogP contribution is -2.40. The summed E-state index contributed by atoms with van der Waals surface area (Å²) < 4.78 is 0. The van der Waals surface area contributed by atoms with Gasteiger partial charge in [0, 0.05) is 17.4 Å². The van der Waals surface area contributed by atoms with Crippen molar-refractivity contribution in [3.63, 3.8) is 0 Å². The fraction of sp³-hybridized carbons (Fsp3) is 0.933. The first-order chi connectivity index (χ1) is 7.90. The second kappa shape index (κ2) is 5.99. The van der Waals surface area contributed by atoms with Crippen LogP contribution in [0.25, 0.3) is 0 Å². The van der Waals surface area contributed by atoms with E-state index in [1.165, 1.54) is 12.8 Å². The number of carbonyl (C=O) groups is 1. The number of nitrogens with zero attached hydrogens (tertiary/aromatic N) is 1. The van der Waals surface area contributed by atoms with Crippen LogP contribution >= 0.6 is 0 Å². The van der Waals surface area contributed by atoms with E-state index in [9.17, 15) is 4.79 Å². The minimum absolute atomic E-state index is 0.160. The van der Waals surface area contributed by atoms with Crippen LogP contribution in [0.2, 0.25) is 0 Å². The molecule has 0 atom stereocenters. The summed E-state index contributed by atoms with van der Waals surface area (Å²) in [7, 11) is 0. The van der Waals surface area contributed by atoms with Gasteiger partial charge < -0.3 is 4.90 Å². The van der Waals surface area contributed by atoms with Crippen LogP contribution in [0.4, 0.5) is 0 Å². The predicted octanol–water partition coefficient (Wildman–Crippen LogP) is 3.50. The van der Waals surface area contributed by atoms with Crippen LogP contribution in [-0.4, -0.2) is 29.8 Å². The standard InChI is InChI=1S/C15H29NO/c1-6-16(7-2)13-10-8-12(9-11-13)14(17)15(3,4)5/h12-13H,6-11H2,1-5H3/t12-,13+. The molecule has 1 saturated carbocycles. The van der Waals surface area contributed by atoms with E-state index >= 15 is 0 Å². The molecule has 0 radical (unpaired) electrons. The van der Waals surface area contributed by atoms with Crippen molar-refractivity contribution in [2.75, 3.05) is 13.1 Å². The Kier molecular flexibility index (Phi) is 5.18. The molecule has 0 aromatic heterocycles. The average Bonchev–Trinajstić information content (AvgIpc) is 2.29. The van der Waals surface area contributed by atoms with Gasteiger partial charge in [0.2, 0.25) is 0 Å². The number of hydrogen-bond acceptors (Lipinski definition) is 2. The van der Waals surface area contributed by atoms with Crippen molar-refractivity contribution in [2.45, 2.75) is 66.3 Å². The zero-order valence-corrected chi connectivity index (χ0v) is 12.3. The third kappa shape index (κ3) is 3.80. The van der Waals surface area contributed by atoms with Crippen LogP contribution in [-0.2, 0) is 4.79 Å². The van der Waals surface area contributed by atoms with Crippen molar-refractivity contribution >= 4 is 5.78 Å². The van der Waals surface area contributed by atoms with E-state index < -0.39 is 0 Å². The molecule has 0 heterocycles. The van der Waals surface area contributed by atoms with Crippen LogP contribution < -0.4 is 0 Å². The lowest BCUT2D eigenvalue weighted by atomic mass is 9.75. The van der Waals surface area contributed by atoms with Crippen molar-refractivity contribution in [1.82, 2.24) is 4.90 Å². The van der Waals surface area contributed by atoms with Gasteiger partial charge in [-0.25, -0.2) is 0 Å². The normalized spacial score (nSPS) is 26.2. The maximum absolute atomic E-state index is 12.2. The van der Waals surface area contributed by atoms with Crippen molar-refractivity contribution in [1.29, 1.82) is 0 Å². The van der Waals surface area contributed by atoms with Crippen molar-refractivity contribution in [2.24, 2.45) is 11.3 Å². The number of carbonyl (C=O) groups excluding carboxylic acids is 1. The quantitative estimate of drug-likeness (QED) is 0.748. The highest BCUT2D eigenvalue weighted by Crippen LogP contribution is 2.32. The third-order valence-electron chi connectivity index (χ3n) is 4.14. The Hall–Kier alpha value is -0.370. The van der Waals surface area contributed by atoms with E-state index in [2.05, 4.69) is 18.7 Å². The maximum atomic E-state index is 12.2. The van der Waals surface area contributed by atoms with Crippen LogP contribution in [0.15, 0.2) is 0 Å². The van der Waals surface area contributed by atoms with Gasteiger partial charge in [-0.2, -0.15) is 0 Å². The summed E-state index contributed by atoms with van der Waals surface area (Å²) in [6.45, 7) is 12.9. The monoisotopic (exact) mass is 239 g/mol. The largest absolute Gasteiger partial charge is 0.301 e. The van der Waals surface area contributed by atoms with E-state index in [1.54, 1.807) is 0 Å². The van der Waals surface area contributed by atoms with E-state index in [0.29, 0.717) is 17.7 Å². The Morgan fingerprint density at radius 3 is 1.88 bits per heavy atom. The van der Waals surface area contributed by atoms with Crippen LogP contribution in [0.3, 0.4) is 0 Å². The maximum Gasteiger partial charge on any atom is 0.141 e. The summed E-state index contributed by atoms with van der Waals surface area (Å²) in [5, 5.41) is 0. The molecule has 0 spiro atoms. The Bertz CT molecular complexity index is 242. The van der Waals surface area contributed by atoms with Gasteiger partial charge in [0.05, 0.1) is 0 Å². The van der Waals surface area contributed by atoms with Gasteiger partial charge in [-0.15, -0.1) is 0 Å². The predicted molar refractivity (Wildman–Crippen MR) is 73.1 cm³/mol. The smallest absolute Gasteiger partial charge is 0.141 e. The minimum atomic E-state index is -0.160. The SMILES string of the molecule is CCN(CC)[C@H]1CC[C@@H](C(=O)C(C)(C)C)CC1. The highest BCUT2D eigenvalue weighted by atomic mass is 16.1. The molecule has 0 aromatic carbocycles. The zero-order valence-electron chi connectivity index (χ0n) is 12.3. The summed E-state index contributed by atoms with van der Waals surface area (Å²) in [4.78, 5) is 14.8. The van der Waals surface area contributed by atoms with E-state index in [4.69, 9.17) is 0 Å². The molecule has 0 aromatic rings. The molecule has 17 heavy (non-hydrogen) atoms. The molecule has 0 N–H and O–H groups in total. The van der Waals surface area contributed by atoms with Gasteiger partial charge in [0.15, 0.2) is 0 Å². The second-order valence-corrected chi connectivity index (χ2v) is 6.34. The van der Waals surface area contributed by atoms with Crippen molar-refractivity contribution < 1.29 is 4.79 Å². The first kappa shape index (κ1) is 14.7. The summed E-state index contributed by atoms with van der Waals surface area (Å²) in [6.07, 6.45) is 4.59. The van der Waals surface area contributed by atoms with Crippen LogP contribution in [0, 0.1) is 11.3 Å². The molecular formula is C15H29NO. The second-order valence-electron chi connectivity index (χ2n) is 6.34. The minimum Gasteiger partial charge on any atom is -0.301 e. The molecule has 0 saturated heterocycles. The molecule has 1 aliphatic carbocycles. The Balaban J connectivity index is 2.48. The molecule has 0 unspecified atom stereocenters. The van der Waals surface area contributed by atoms with Gasteiger partial charge in [-0.05, 0) is 38.8 Å². The van der Waals surface area contributed by atoms with E-state index in [1.807, 2.05) is 20.8 Å². The summed E-state index contributed by atoms with van der Waals surface area (Å²) in [5.41, 5.74) is -0.160. The molecule has 0 aliphatic heterocycles. The van der Waals surface area contributed by atoms with E-state index in [-0.39, 0.29) is 5.41 Å². The van der Waals surface area contributed by atoms with Gasteiger partial charge in [-0.1, -0.05) is 34.6 Å². The van der Waals surface area contributed by atoms with Crippen LogP contribution in [0.5, 0.6) is 0 Å². The molecule has 0 bridgehead atoms. The number of hydrogen-bond donors (Lipinski definition) is 0.